The highest BCUT2D eigenvalue weighted by Gasteiger charge is 1.88. The topological polar surface area (TPSA) is 29.1 Å². The van der Waals surface area contributed by atoms with Crippen molar-refractivity contribution in [2.24, 2.45) is 0 Å². The third-order valence-electron chi connectivity index (χ3n) is 1.37. The van der Waals surface area contributed by atoms with E-state index in [0.29, 0.717) is 6.54 Å². The molecule has 0 amide bonds. The Bertz CT molecular complexity index is 213. The minimum absolute atomic E-state index is 0. The van der Waals surface area contributed by atoms with Gasteiger partial charge in [0.25, 0.3) is 0 Å². The van der Waals surface area contributed by atoms with E-state index in [1.807, 2.05) is 30.3 Å². The summed E-state index contributed by atoms with van der Waals surface area (Å²) in [6.45, 7) is 1.03. The Morgan fingerprint density at radius 3 is 2.50 bits per heavy atom. The maximum Gasteiger partial charge on any atom is 0.213 e. The van der Waals surface area contributed by atoms with Crippen molar-refractivity contribution in [2.45, 2.75) is 6.54 Å². The van der Waals surface area contributed by atoms with Crippen LogP contribution in [-0.2, 0) is 11.3 Å². The van der Waals surface area contributed by atoms with Gasteiger partial charge in [-0.05, 0) is 5.56 Å². The van der Waals surface area contributed by atoms with Gasteiger partial charge in [-0.1, -0.05) is 30.3 Å². The van der Waals surface area contributed by atoms with Gasteiger partial charge in [0.05, 0.1) is 6.54 Å². The first-order valence-electron chi connectivity index (χ1n) is 3.53. The summed E-state index contributed by atoms with van der Waals surface area (Å²) in [6.07, 6.45) is 1.78. The minimum Gasteiger partial charge on any atom is -0.305 e. The maximum atomic E-state index is 9.81. The molecule has 0 bridgehead atoms. The molecule has 0 fully saturated rings. The number of benzene rings is 1. The van der Waals surface area contributed by atoms with E-state index in [1.54, 1.807) is 6.29 Å². The van der Waals surface area contributed by atoms with Crippen molar-refractivity contribution in [1.82, 2.24) is 5.32 Å². The van der Waals surface area contributed by atoms with Crippen LogP contribution in [-0.4, -0.2) is 12.8 Å². The number of rotatable bonds is 4. The molecular formula is C9H11ClNO. The lowest BCUT2D eigenvalue weighted by molar-refractivity contribution is 0.548. The molecule has 0 spiro atoms. The molecule has 1 rings (SSSR count). The van der Waals surface area contributed by atoms with Crippen molar-refractivity contribution in [3.8, 4) is 0 Å². The fraction of sp³-hybridized carbons (Fsp3) is 0.222. The molecule has 0 aromatic heterocycles. The van der Waals surface area contributed by atoms with Gasteiger partial charge in [0, 0.05) is 6.54 Å². The van der Waals surface area contributed by atoms with E-state index in [2.05, 4.69) is 5.32 Å². The lowest BCUT2D eigenvalue weighted by Gasteiger charge is -1.98. The van der Waals surface area contributed by atoms with E-state index in [9.17, 15) is 4.79 Å². The van der Waals surface area contributed by atoms with Gasteiger partial charge < -0.3 is 5.32 Å². The van der Waals surface area contributed by atoms with Crippen molar-refractivity contribution >= 4 is 18.7 Å². The standard InChI is InChI=1S/C9H10NO.ClH/c11-7-6-10-8-9-4-2-1-3-5-9;/h1-5,10H,6,8H2;1H. The molecule has 1 aromatic rings. The Morgan fingerprint density at radius 2 is 1.92 bits per heavy atom. The first kappa shape index (κ1) is 11.1. The zero-order valence-electron chi connectivity index (χ0n) is 6.62. The van der Waals surface area contributed by atoms with Gasteiger partial charge in [0.15, 0.2) is 0 Å². The SMILES string of the molecule is Cl.O=[C]CNCc1ccccc1. The van der Waals surface area contributed by atoms with Crippen molar-refractivity contribution in [1.29, 1.82) is 0 Å². The molecule has 1 N–H and O–H groups in total. The molecule has 0 unspecified atom stereocenters. The van der Waals surface area contributed by atoms with E-state index >= 15 is 0 Å². The average molecular weight is 185 g/mol. The fourth-order valence-electron chi connectivity index (χ4n) is 0.854. The number of halogens is 1. The fourth-order valence-corrected chi connectivity index (χ4v) is 0.854. The molecule has 0 aliphatic carbocycles. The Balaban J connectivity index is 0.00000121. The van der Waals surface area contributed by atoms with Gasteiger partial charge in [-0.3, -0.25) is 4.79 Å². The lowest BCUT2D eigenvalue weighted by Crippen LogP contribution is -2.15. The highest BCUT2D eigenvalue weighted by Crippen LogP contribution is 1.96. The molecule has 2 nitrogen and oxygen atoms in total. The third kappa shape index (κ3) is 4.11. The van der Waals surface area contributed by atoms with E-state index in [0.717, 1.165) is 6.54 Å². The molecule has 0 atom stereocenters. The van der Waals surface area contributed by atoms with E-state index in [4.69, 9.17) is 0 Å². The third-order valence-corrected chi connectivity index (χ3v) is 1.37. The number of hydrogen-bond acceptors (Lipinski definition) is 2. The number of hydrogen-bond donors (Lipinski definition) is 1. The predicted octanol–water partition coefficient (Wildman–Crippen LogP) is 1.31. The van der Waals surface area contributed by atoms with Crippen LogP contribution >= 0.6 is 12.4 Å². The van der Waals surface area contributed by atoms with Gasteiger partial charge in [-0.25, -0.2) is 0 Å². The molecule has 3 heteroatoms. The van der Waals surface area contributed by atoms with Gasteiger partial charge in [-0.2, -0.15) is 0 Å². The zero-order valence-corrected chi connectivity index (χ0v) is 7.43. The van der Waals surface area contributed by atoms with Crippen molar-refractivity contribution in [3.63, 3.8) is 0 Å². The normalized spacial score (nSPS) is 8.67. The van der Waals surface area contributed by atoms with Gasteiger partial charge in [-0.15, -0.1) is 12.4 Å². The Labute approximate surface area is 78.4 Å². The molecule has 0 saturated carbocycles. The van der Waals surface area contributed by atoms with Crippen LogP contribution in [0.5, 0.6) is 0 Å². The second kappa shape index (κ2) is 6.83. The molecule has 1 radical (unpaired) electrons. The first-order chi connectivity index (χ1) is 5.43. The summed E-state index contributed by atoms with van der Waals surface area (Å²) in [4.78, 5) is 9.81. The Hall–Kier alpha value is -0.860. The summed E-state index contributed by atoms with van der Waals surface area (Å²) in [6, 6.07) is 9.94. The molecule has 12 heavy (non-hydrogen) atoms. The molecule has 0 saturated heterocycles. The Morgan fingerprint density at radius 1 is 1.25 bits per heavy atom. The quantitative estimate of drug-likeness (QED) is 0.715. The van der Waals surface area contributed by atoms with E-state index in [-0.39, 0.29) is 12.4 Å². The van der Waals surface area contributed by atoms with E-state index < -0.39 is 0 Å². The van der Waals surface area contributed by atoms with Crippen LogP contribution < -0.4 is 5.32 Å². The van der Waals surface area contributed by atoms with Gasteiger partial charge in [0.2, 0.25) is 6.29 Å². The highest BCUT2D eigenvalue weighted by atomic mass is 35.5. The van der Waals surface area contributed by atoms with Crippen molar-refractivity contribution in [3.05, 3.63) is 35.9 Å². The predicted molar refractivity (Wildman–Crippen MR) is 51.1 cm³/mol. The lowest BCUT2D eigenvalue weighted by atomic mass is 10.2. The summed E-state index contributed by atoms with van der Waals surface area (Å²) >= 11 is 0. The van der Waals surface area contributed by atoms with Crippen LogP contribution in [0.2, 0.25) is 0 Å². The number of carbonyl (C=O) groups excluding carboxylic acids is 1. The molecule has 0 aliphatic rings. The summed E-state index contributed by atoms with van der Waals surface area (Å²) in [5, 5.41) is 2.93. The van der Waals surface area contributed by atoms with Crippen molar-refractivity contribution < 1.29 is 4.79 Å². The van der Waals surface area contributed by atoms with Crippen LogP contribution in [0, 0.1) is 0 Å². The molecular weight excluding hydrogens is 174 g/mol. The zero-order chi connectivity index (χ0) is 7.94. The van der Waals surface area contributed by atoms with Crippen LogP contribution in [0.3, 0.4) is 0 Å². The van der Waals surface area contributed by atoms with Gasteiger partial charge >= 0.3 is 0 Å². The average Bonchev–Trinajstić information content (AvgIpc) is 2.07. The summed E-state index contributed by atoms with van der Waals surface area (Å²) in [7, 11) is 0. The summed E-state index contributed by atoms with van der Waals surface area (Å²) in [5.74, 6) is 0. The van der Waals surface area contributed by atoms with Crippen LogP contribution in [0.15, 0.2) is 30.3 Å². The minimum atomic E-state index is 0. The van der Waals surface area contributed by atoms with Crippen LogP contribution in [0.25, 0.3) is 0 Å². The summed E-state index contributed by atoms with van der Waals surface area (Å²) < 4.78 is 0. The largest absolute Gasteiger partial charge is 0.305 e. The second-order valence-electron chi connectivity index (χ2n) is 2.23. The van der Waals surface area contributed by atoms with Crippen LogP contribution in [0.1, 0.15) is 5.56 Å². The van der Waals surface area contributed by atoms with Gasteiger partial charge in [0.1, 0.15) is 0 Å². The monoisotopic (exact) mass is 184 g/mol. The van der Waals surface area contributed by atoms with E-state index in [1.165, 1.54) is 5.56 Å². The smallest absolute Gasteiger partial charge is 0.213 e. The van der Waals surface area contributed by atoms with Crippen molar-refractivity contribution in [2.75, 3.05) is 6.54 Å². The molecule has 0 heterocycles. The highest BCUT2D eigenvalue weighted by molar-refractivity contribution is 5.85. The Kier molecular flexibility index (Phi) is 6.34. The number of nitrogens with one attached hydrogen (secondary N) is 1. The molecule has 65 valence electrons. The summed E-state index contributed by atoms with van der Waals surface area (Å²) in [5.41, 5.74) is 1.18. The molecule has 0 aliphatic heterocycles. The first-order valence-corrected chi connectivity index (χ1v) is 3.53. The second-order valence-corrected chi connectivity index (χ2v) is 2.23. The van der Waals surface area contributed by atoms with Crippen LogP contribution in [0.4, 0.5) is 0 Å². The maximum absolute atomic E-state index is 9.81. The molecule has 1 aromatic carbocycles.